The Morgan fingerprint density at radius 2 is 2.43 bits per heavy atom. The predicted molar refractivity (Wildman–Crippen MR) is 51.4 cm³/mol. The van der Waals surface area contributed by atoms with Crippen LogP contribution in [0.2, 0.25) is 0 Å². The summed E-state index contributed by atoms with van der Waals surface area (Å²) in [7, 11) is 0. The summed E-state index contributed by atoms with van der Waals surface area (Å²) in [4.78, 5) is 11.5. The lowest BCUT2D eigenvalue weighted by atomic mass is 9.96. The standard InChI is InChI=1S/C10H16N2O2/c1-10(2,6-11)7-12-9(13)8-4-3-5-14-8/h8H,3-5,7H2,1-2H3,(H,12,13). The molecule has 1 aliphatic heterocycles. The van der Waals surface area contributed by atoms with Crippen molar-refractivity contribution in [3.63, 3.8) is 0 Å². The summed E-state index contributed by atoms with van der Waals surface area (Å²) in [5, 5.41) is 11.5. The van der Waals surface area contributed by atoms with E-state index in [9.17, 15) is 4.79 Å². The van der Waals surface area contributed by atoms with Gasteiger partial charge in [0.1, 0.15) is 6.10 Å². The molecule has 14 heavy (non-hydrogen) atoms. The van der Waals surface area contributed by atoms with Gasteiger partial charge in [0.25, 0.3) is 0 Å². The van der Waals surface area contributed by atoms with Crippen molar-refractivity contribution in [2.24, 2.45) is 5.41 Å². The van der Waals surface area contributed by atoms with Gasteiger partial charge in [-0.25, -0.2) is 0 Å². The maximum absolute atomic E-state index is 11.5. The monoisotopic (exact) mass is 196 g/mol. The van der Waals surface area contributed by atoms with Gasteiger partial charge in [0.15, 0.2) is 0 Å². The molecule has 1 saturated heterocycles. The van der Waals surface area contributed by atoms with E-state index in [1.807, 2.05) is 0 Å². The quantitative estimate of drug-likeness (QED) is 0.727. The van der Waals surface area contributed by atoms with E-state index in [-0.39, 0.29) is 12.0 Å². The number of ether oxygens (including phenoxy) is 1. The van der Waals surface area contributed by atoms with Crippen LogP contribution in [0.25, 0.3) is 0 Å². The van der Waals surface area contributed by atoms with Crippen LogP contribution in [0.1, 0.15) is 26.7 Å². The van der Waals surface area contributed by atoms with Crippen molar-refractivity contribution in [2.45, 2.75) is 32.8 Å². The molecule has 4 heteroatoms. The van der Waals surface area contributed by atoms with Gasteiger partial charge in [-0.15, -0.1) is 0 Å². The van der Waals surface area contributed by atoms with Crippen LogP contribution in [0.3, 0.4) is 0 Å². The Labute approximate surface area is 84.2 Å². The molecular weight excluding hydrogens is 180 g/mol. The third-order valence-corrected chi connectivity index (χ3v) is 2.23. The summed E-state index contributed by atoms with van der Waals surface area (Å²) in [6, 6.07) is 2.13. The highest BCUT2D eigenvalue weighted by Crippen LogP contribution is 2.14. The topological polar surface area (TPSA) is 62.1 Å². The molecule has 1 atom stereocenters. The summed E-state index contributed by atoms with van der Waals surface area (Å²) in [6.07, 6.45) is 1.43. The molecule has 1 fully saturated rings. The number of nitrogens with one attached hydrogen (secondary N) is 1. The largest absolute Gasteiger partial charge is 0.368 e. The predicted octanol–water partition coefficient (Wildman–Crippen LogP) is 0.831. The molecule has 1 rings (SSSR count). The van der Waals surface area contributed by atoms with Gasteiger partial charge >= 0.3 is 0 Å². The van der Waals surface area contributed by atoms with E-state index in [2.05, 4.69) is 11.4 Å². The third-order valence-electron chi connectivity index (χ3n) is 2.23. The Bertz CT molecular complexity index is 249. The highest BCUT2D eigenvalue weighted by atomic mass is 16.5. The third kappa shape index (κ3) is 3.00. The van der Waals surface area contributed by atoms with Gasteiger partial charge < -0.3 is 10.1 Å². The van der Waals surface area contributed by atoms with E-state index in [4.69, 9.17) is 10.00 Å². The van der Waals surface area contributed by atoms with Crippen molar-refractivity contribution in [3.05, 3.63) is 0 Å². The molecule has 1 aliphatic rings. The number of hydrogen-bond donors (Lipinski definition) is 1. The molecule has 1 heterocycles. The molecule has 0 aliphatic carbocycles. The Kier molecular flexibility index (Phi) is 3.48. The van der Waals surface area contributed by atoms with E-state index in [0.29, 0.717) is 13.2 Å². The molecule has 1 N–H and O–H groups in total. The minimum Gasteiger partial charge on any atom is -0.368 e. The smallest absolute Gasteiger partial charge is 0.249 e. The number of amides is 1. The molecule has 0 radical (unpaired) electrons. The lowest BCUT2D eigenvalue weighted by Crippen LogP contribution is -2.39. The van der Waals surface area contributed by atoms with E-state index < -0.39 is 5.41 Å². The Morgan fingerprint density at radius 3 is 2.93 bits per heavy atom. The minimum atomic E-state index is -0.506. The normalized spacial score (nSPS) is 21.6. The van der Waals surface area contributed by atoms with E-state index in [1.165, 1.54) is 0 Å². The molecule has 1 amide bonds. The van der Waals surface area contributed by atoms with Crippen molar-refractivity contribution >= 4 is 5.91 Å². The average molecular weight is 196 g/mol. The molecule has 4 nitrogen and oxygen atoms in total. The van der Waals surface area contributed by atoms with Crippen LogP contribution in [-0.2, 0) is 9.53 Å². The Balaban J connectivity index is 2.31. The van der Waals surface area contributed by atoms with E-state index in [1.54, 1.807) is 13.8 Å². The first kappa shape index (κ1) is 11.0. The highest BCUT2D eigenvalue weighted by molar-refractivity contribution is 5.81. The molecule has 0 bridgehead atoms. The minimum absolute atomic E-state index is 0.0918. The zero-order chi connectivity index (χ0) is 10.6. The zero-order valence-corrected chi connectivity index (χ0v) is 8.67. The SMILES string of the molecule is CC(C)(C#N)CNC(=O)C1CCCO1. The van der Waals surface area contributed by atoms with Gasteiger partial charge in [-0.05, 0) is 26.7 Å². The van der Waals surface area contributed by atoms with Crippen LogP contribution < -0.4 is 5.32 Å². The summed E-state index contributed by atoms with van der Waals surface area (Å²) < 4.78 is 5.22. The molecule has 78 valence electrons. The van der Waals surface area contributed by atoms with Crippen molar-refractivity contribution < 1.29 is 9.53 Å². The molecule has 0 aromatic rings. The zero-order valence-electron chi connectivity index (χ0n) is 8.67. The fraction of sp³-hybridized carbons (Fsp3) is 0.800. The van der Waals surface area contributed by atoms with Crippen LogP contribution in [0.5, 0.6) is 0 Å². The van der Waals surface area contributed by atoms with Crippen molar-refractivity contribution in [3.8, 4) is 6.07 Å². The van der Waals surface area contributed by atoms with Crippen molar-refractivity contribution in [1.29, 1.82) is 5.26 Å². The number of nitriles is 1. The van der Waals surface area contributed by atoms with Gasteiger partial charge in [0.2, 0.25) is 5.91 Å². The average Bonchev–Trinajstić information content (AvgIpc) is 2.67. The first-order valence-electron chi connectivity index (χ1n) is 4.86. The Hall–Kier alpha value is -1.08. The summed E-state index contributed by atoms with van der Waals surface area (Å²) in [6.45, 7) is 4.63. The number of hydrogen-bond acceptors (Lipinski definition) is 3. The molecule has 0 saturated carbocycles. The molecule has 1 unspecified atom stereocenters. The highest BCUT2D eigenvalue weighted by Gasteiger charge is 2.25. The van der Waals surface area contributed by atoms with Gasteiger partial charge in [0, 0.05) is 13.2 Å². The maximum atomic E-state index is 11.5. The fourth-order valence-electron chi connectivity index (χ4n) is 1.25. The van der Waals surface area contributed by atoms with E-state index in [0.717, 1.165) is 12.8 Å². The lowest BCUT2D eigenvalue weighted by Gasteiger charge is -2.17. The van der Waals surface area contributed by atoms with Crippen molar-refractivity contribution in [1.82, 2.24) is 5.32 Å². The van der Waals surface area contributed by atoms with Crippen LogP contribution in [-0.4, -0.2) is 25.2 Å². The first-order valence-corrected chi connectivity index (χ1v) is 4.86. The summed E-state index contributed by atoms with van der Waals surface area (Å²) >= 11 is 0. The second kappa shape index (κ2) is 4.43. The lowest BCUT2D eigenvalue weighted by molar-refractivity contribution is -0.130. The maximum Gasteiger partial charge on any atom is 0.249 e. The van der Waals surface area contributed by atoms with Crippen LogP contribution in [0, 0.1) is 16.7 Å². The molecule has 0 aromatic heterocycles. The van der Waals surface area contributed by atoms with Gasteiger partial charge in [-0.3, -0.25) is 4.79 Å². The molecular formula is C10H16N2O2. The number of carbonyl (C=O) groups is 1. The number of rotatable bonds is 3. The van der Waals surface area contributed by atoms with Crippen LogP contribution in [0.15, 0.2) is 0 Å². The molecule has 0 aromatic carbocycles. The second-order valence-electron chi connectivity index (χ2n) is 4.22. The van der Waals surface area contributed by atoms with Crippen LogP contribution >= 0.6 is 0 Å². The second-order valence-corrected chi connectivity index (χ2v) is 4.22. The van der Waals surface area contributed by atoms with Gasteiger partial charge in [0.05, 0.1) is 11.5 Å². The van der Waals surface area contributed by atoms with Gasteiger partial charge in [-0.1, -0.05) is 0 Å². The number of carbonyl (C=O) groups excluding carboxylic acids is 1. The summed E-state index contributed by atoms with van der Waals surface area (Å²) in [5.41, 5.74) is -0.506. The summed E-state index contributed by atoms with van der Waals surface area (Å²) in [5.74, 6) is -0.0918. The Morgan fingerprint density at radius 1 is 1.71 bits per heavy atom. The fourth-order valence-corrected chi connectivity index (χ4v) is 1.25. The van der Waals surface area contributed by atoms with E-state index >= 15 is 0 Å². The first-order chi connectivity index (χ1) is 6.55. The van der Waals surface area contributed by atoms with Crippen molar-refractivity contribution in [2.75, 3.05) is 13.2 Å². The van der Waals surface area contributed by atoms with Gasteiger partial charge in [-0.2, -0.15) is 5.26 Å². The van der Waals surface area contributed by atoms with Crippen LogP contribution in [0.4, 0.5) is 0 Å². The number of nitrogens with zero attached hydrogens (tertiary/aromatic N) is 1. The molecule has 0 spiro atoms.